The van der Waals surface area contributed by atoms with E-state index in [2.05, 4.69) is 29.6 Å². The van der Waals surface area contributed by atoms with Crippen LogP contribution >= 0.6 is 0 Å². The number of carbonyl (C=O) groups is 3. The molecule has 0 aromatic heterocycles. The molecule has 4 rings (SSSR count). The van der Waals surface area contributed by atoms with Gasteiger partial charge in [0.15, 0.2) is 0 Å². The number of nitrogens with one attached hydrogen (secondary N) is 1. The summed E-state index contributed by atoms with van der Waals surface area (Å²) >= 11 is 0. The zero-order valence-electron chi connectivity index (χ0n) is 20.4. The summed E-state index contributed by atoms with van der Waals surface area (Å²) in [5.41, 5.74) is 4.70. The Hall–Kier alpha value is -3.35. The zero-order valence-corrected chi connectivity index (χ0v) is 20.4. The number of ether oxygens (including phenoxy) is 1. The highest BCUT2D eigenvalue weighted by Gasteiger charge is 2.32. The number of amides is 2. The largest absolute Gasteiger partial charge is 0.481 e. The summed E-state index contributed by atoms with van der Waals surface area (Å²) in [6.45, 7) is 2.02. The predicted molar refractivity (Wildman–Crippen MR) is 133 cm³/mol. The molecule has 0 bridgehead atoms. The van der Waals surface area contributed by atoms with Gasteiger partial charge in [-0.1, -0.05) is 68.3 Å². The van der Waals surface area contributed by atoms with E-state index in [1.54, 1.807) is 14.0 Å². The van der Waals surface area contributed by atoms with Crippen molar-refractivity contribution < 1.29 is 24.2 Å². The maximum absolute atomic E-state index is 12.8. The van der Waals surface area contributed by atoms with E-state index in [1.807, 2.05) is 24.3 Å². The van der Waals surface area contributed by atoms with Crippen molar-refractivity contribution in [2.45, 2.75) is 51.0 Å². The van der Waals surface area contributed by atoms with Crippen LogP contribution in [0.5, 0.6) is 0 Å². The summed E-state index contributed by atoms with van der Waals surface area (Å²) in [4.78, 5) is 38.1. The van der Waals surface area contributed by atoms with Crippen LogP contribution in [0.15, 0.2) is 48.5 Å². The first-order chi connectivity index (χ1) is 16.8. The van der Waals surface area contributed by atoms with Crippen LogP contribution < -0.4 is 5.32 Å². The summed E-state index contributed by atoms with van der Waals surface area (Å²) < 4.78 is 5.71. The molecular weight excluding hydrogens is 444 g/mol. The molecule has 0 saturated heterocycles. The lowest BCUT2D eigenvalue weighted by molar-refractivity contribution is -0.142. The van der Waals surface area contributed by atoms with E-state index in [9.17, 15) is 14.4 Å². The molecule has 0 radical (unpaired) electrons. The molecule has 35 heavy (non-hydrogen) atoms. The molecule has 0 aliphatic heterocycles. The van der Waals surface area contributed by atoms with Crippen molar-refractivity contribution in [1.82, 2.24) is 10.2 Å². The van der Waals surface area contributed by atoms with Crippen LogP contribution in [0.25, 0.3) is 11.1 Å². The van der Waals surface area contributed by atoms with Crippen molar-refractivity contribution in [2.75, 3.05) is 20.2 Å². The molecule has 3 atom stereocenters. The smallest absolute Gasteiger partial charge is 0.407 e. The van der Waals surface area contributed by atoms with Crippen LogP contribution in [0.4, 0.5) is 4.79 Å². The number of aliphatic carboxylic acids is 1. The number of carboxylic acids is 1. The van der Waals surface area contributed by atoms with Gasteiger partial charge in [-0.05, 0) is 41.0 Å². The highest BCUT2D eigenvalue weighted by atomic mass is 16.5. The van der Waals surface area contributed by atoms with E-state index >= 15 is 0 Å². The van der Waals surface area contributed by atoms with Crippen molar-refractivity contribution >= 4 is 18.0 Å². The summed E-state index contributed by atoms with van der Waals surface area (Å²) in [7, 11) is 1.64. The van der Waals surface area contributed by atoms with Gasteiger partial charge >= 0.3 is 12.1 Å². The monoisotopic (exact) mass is 478 g/mol. The molecule has 2 aromatic rings. The number of hydrogen-bond donors (Lipinski definition) is 2. The van der Waals surface area contributed by atoms with Crippen LogP contribution in [-0.4, -0.2) is 54.2 Å². The Morgan fingerprint density at radius 2 is 1.63 bits per heavy atom. The lowest BCUT2D eigenvalue weighted by Gasteiger charge is -2.33. The molecule has 186 valence electrons. The van der Waals surface area contributed by atoms with Gasteiger partial charge in [0.25, 0.3) is 0 Å². The topological polar surface area (TPSA) is 95.9 Å². The second-order valence-corrected chi connectivity index (χ2v) is 9.84. The number of hydrogen-bond acceptors (Lipinski definition) is 4. The molecule has 0 heterocycles. The molecule has 2 N–H and O–H groups in total. The third-order valence-electron chi connectivity index (χ3n) is 7.39. The summed E-state index contributed by atoms with van der Waals surface area (Å²) in [5.74, 6) is -1.62. The van der Waals surface area contributed by atoms with Crippen molar-refractivity contribution in [1.29, 1.82) is 0 Å². The third kappa shape index (κ3) is 5.66. The number of benzene rings is 2. The lowest BCUT2D eigenvalue weighted by Crippen LogP contribution is -2.45. The first-order valence-corrected chi connectivity index (χ1v) is 12.4. The van der Waals surface area contributed by atoms with E-state index in [-0.39, 0.29) is 43.4 Å². The van der Waals surface area contributed by atoms with E-state index in [1.165, 1.54) is 27.2 Å². The Labute approximate surface area is 206 Å². The minimum absolute atomic E-state index is 0.00163. The van der Waals surface area contributed by atoms with Gasteiger partial charge in [0, 0.05) is 32.0 Å². The lowest BCUT2D eigenvalue weighted by atomic mass is 9.82. The molecule has 2 aliphatic rings. The van der Waals surface area contributed by atoms with Crippen LogP contribution in [0.1, 0.15) is 56.1 Å². The maximum Gasteiger partial charge on any atom is 0.407 e. The third-order valence-corrected chi connectivity index (χ3v) is 7.39. The van der Waals surface area contributed by atoms with Gasteiger partial charge in [0.1, 0.15) is 6.61 Å². The summed E-state index contributed by atoms with van der Waals surface area (Å²) in [5, 5.41) is 12.1. The summed E-state index contributed by atoms with van der Waals surface area (Å²) in [6, 6.07) is 16.3. The molecule has 7 nitrogen and oxygen atoms in total. The number of nitrogens with zero attached hydrogens (tertiary/aromatic N) is 1. The van der Waals surface area contributed by atoms with Crippen LogP contribution in [0.3, 0.4) is 0 Å². The zero-order chi connectivity index (χ0) is 24.9. The van der Waals surface area contributed by atoms with Crippen LogP contribution in [0.2, 0.25) is 0 Å². The number of carbonyl (C=O) groups excluding carboxylic acids is 2. The van der Waals surface area contributed by atoms with Gasteiger partial charge in [-0.15, -0.1) is 0 Å². The molecule has 2 aliphatic carbocycles. The van der Waals surface area contributed by atoms with Gasteiger partial charge in [-0.25, -0.2) is 4.79 Å². The van der Waals surface area contributed by atoms with Crippen molar-refractivity contribution in [3.63, 3.8) is 0 Å². The minimum atomic E-state index is -0.919. The Bertz CT molecular complexity index is 1040. The molecule has 1 saturated carbocycles. The number of rotatable bonds is 8. The maximum atomic E-state index is 12.8. The van der Waals surface area contributed by atoms with Crippen LogP contribution in [-0.2, 0) is 14.3 Å². The first kappa shape index (κ1) is 24.8. The fourth-order valence-electron chi connectivity index (χ4n) is 5.40. The van der Waals surface area contributed by atoms with Crippen molar-refractivity contribution in [3.05, 3.63) is 59.7 Å². The summed E-state index contributed by atoms with van der Waals surface area (Å²) in [6.07, 6.45) is 3.49. The fraction of sp³-hybridized carbons (Fsp3) is 0.464. The average Bonchev–Trinajstić information content (AvgIpc) is 3.17. The Balaban J connectivity index is 1.34. The molecule has 1 unspecified atom stereocenters. The Morgan fingerprint density at radius 3 is 2.26 bits per heavy atom. The fourth-order valence-corrected chi connectivity index (χ4v) is 5.40. The SMILES string of the molecule is CC(CN(C)C(=O)C[C@@H]1CCCC[C@@H]1NC(=O)OCC1c2ccccc2-c2ccccc21)C(=O)O. The Morgan fingerprint density at radius 1 is 1.03 bits per heavy atom. The van der Waals surface area contributed by atoms with Crippen molar-refractivity contribution in [2.24, 2.45) is 11.8 Å². The van der Waals surface area contributed by atoms with Crippen LogP contribution in [0, 0.1) is 11.8 Å². The van der Waals surface area contributed by atoms with E-state index in [4.69, 9.17) is 9.84 Å². The second-order valence-electron chi connectivity index (χ2n) is 9.84. The molecule has 0 spiro atoms. The molecule has 2 aromatic carbocycles. The normalized spacial score (nSPS) is 19.8. The highest BCUT2D eigenvalue weighted by Crippen LogP contribution is 2.44. The van der Waals surface area contributed by atoms with E-state index < -0.39 is 18.0 Å². The molecule has 1 fully saturated rings. The minimum Gasteiger partial charge on any atom is -0.481 e. The van der Waals surface area contributed by atoms with Gasteiger partial charge in [0.05, 0.1) is 5.92 Å². The molecule has 7 heteroatoms. The van der Waals surface area contributed by atoms with E-state index in [0.29, 0.717) is 0 Å². The standard InChI is InChI=1S/C28H34N2O5/c1-18(27(32)33)16-30(2)26(31)15-19-9-3-8-14-25(19)29-28(34)35-17-24-22-12-6-4-10-20(22)21-11-5-7-13-23(21)24/h4-7,10-13,18-19,24-25H,3,8-9,14-17H2,1-2H3,(H,29,34)(H,32,33)/t18?,19-,25-/m0/s1. The predicted octanol–water partition coefficient (Wildman–Crippen LogP) is 4.65. The highest BCUT2D eigenvalue weighted by molar-refractivity contribution is 5.79. The number of alkyl carbamates (subject to hydrolysis) is 1. The average molecular weight is 479 g/mol. The Kier molecular flexibility index (Phi) is 7.73. The first-order valence-electron chi connectivity index (χ1n) is 12.4. The number of carboxylic acid groups (broad SMARTS) is 1. The van der Waals surface area contributed by atoms with Gasteiger partial charge < -0.3 is 20.1 Å². The van der Waals surface area contributed by atoms with Crippen molar-refractivity contribution in [3.8, 4) is 11.1 Å². The van der Waals surface area contributed by atoms with Gasteiger partial charge in [0.2, 0.25) is 5.91 Å². The van der Waals surface area contributed by atoms with Gasteiger partial charge in [-0.2, -0.15) is 0 Å². The number of fused-ring (bicyclic) bond motifs is 3. The van der Waals surface area contributed by atoms with Gasteiger partial charge in [-0.3, -0.25) is 9.59 Å². The second kappa shape index (κ2) is 10.9. The quantitative estimate of drug-likeness (QED) is 0.576. The van der Waals surface area contributed by atoms with E-state index in [0.717, 1.165) is 25.7 Å². The molecule has 2 amide bonds. The molecular formula is C28H34N2O5.